The van der Waals surface area contributed by atoms with Crippen LogP contribution in [0.25, 0.3) is 11.1 Å². The molecule has 0 aliphatic carbocycles. The average Bonchev–Trinajstić information content (AvgIpc) is 2.46. The van der Waals surface area contributed by atoms with Crippen molar-refractivity contribution in [3.63, 3.8) is 0 Å². The van der Waals surface area contributed by atoms with Crippen LogP contribution in [0.15, 0.2) is 54.6 Å². The topological polar surface area (TPSA) is 38.3 Å². The zero-order valence-corrected chi connectivity index (χ0v) is 11.8. The average molecular weight is 269 g/mol. The highest BCUT2D eigenvalue weighted by molar-refractivity contribution is 5.81. The first-order valence-electron chi connectivity index (χ1n) is 6.74. The summed E-state index contributed by atoms with van der Waals surface area (Å²) in [6.07, 6.45) is -0.0892. The first-order valence-corrected chi connectivity index (χ1v) is 6.74. The van der Waals surface area contributed by atoms with E-state index in [0.29, 0.717) is 0 Å². The van der Waals surface area contributed by atoms with E-state index >= 15 is 0 Å². The first-order chi connectivity index (χ1) is 9.66. The van der Waals surface area contributed by atoms with Gasteiger partial charge in [0.2, 0.25) is 0 Å². The molecule has 0 bridgehead atoms. The van der Waals surface area contributed by atoms with Gasteiger partial charge in [0.05, 0.1) is 6.10 Å². The molecule has 3 nitrogen and oxygen atoms in total. The van der Waals surface area contributed by atoms with E-state index in [9.17, 15) is 4.79 Å². The third kappa shape index (κ3) is 3.85. The number of para-hydroxylation sites is 1. The molecule has 2 aromatic rings. The van der Waals surface area contributed by atoms with Crippen molar-refractivity contribution in [2.75, 3.05) is 11.9 Å². The highest BCUT2D eigenvalue weighted by Gasteiger charge is 2.08. The lowest BCUT2D eigenvalue weighted by molar-refractivity contribution is -0.145. The summed E-state index contributed by atoms with van der Waals surface area (Å²) in [5.74, 6) is -0.247. The molecule has 0 atom stereocenters. The Kier molecular flexibility index (Phi) is 4.77. The Balaban J connectivity index is 2.11. The Morgan fingerprint density at radius 2 is 1.70 bits per heavy atom. The SMILES string of the molecule is CC(C)OC(=O)CNc1ccccc1-c1ccccc1. The van der Waals surface area contributed by atoms with E-state index in [4.69, 9.17) is 4.74 Å². The van der Waals surface area contributed by atoms with E-state index in [0.717, 1.165) is 16.8 Å². The Morgan fingerprint density at radius 1 is 1.05 bits per heavy atom. The summed E-state index contributed by atoms with van der Waals surface area (Å²) in [4.78, 5) is 11.6. The van der Waals surface area contributed by atoms with Crippen LogP contribution in [0, 0.1) is 0 Å². The van der Waals surface area contributed by atoms with Crippen molar-refractivity contribution in [3.05, 3.63) is 54.6 Å². The minimum absolute atomic E-state index is 0.0892. The van der Waals surface area contributed by atoms with Gasteiger partial charge in [0.15, 0.2) is 0 Å². The molecule has 0 amide bonds. The standard InChI is InChI=1S/C17H19NO2/c1-13(2)20-17(19)12-18-16-11-7-6-10-15(16)14-8-4-3-5-9-14/h3-11,13,18H,12H2,1-2H3. The van der Waals surface area contributed by atoms with Crippen LogP contribution in [0.1, 0.15) is 13.8 Å². The number of nitrogens with one attached hydrogen (secondary N) is 1. The molecular weight excluding hydrogens is 250 g/mol. The van der Waals surface area contributed by atoms with Crippen molar-refractivity contribution in [1.29, 1.82) is 0 Å². The molecule has 0 aliphatic rings. The summed E-state index contributed by atoms with van der Waals surface area (Å²) in [5.41, 5.74) is 3.12. The molecule has 1 N–H and O–H groups in total. The van der Waals surface area contributed by atoms with Crippen LogP contribution >= 0.6 is 0 Å². The van der Waals surface area contributed by atoms with Crippen LogP contribution in [0.4, 0.5) is 5.69 Å². The van der Waals surface area contributed by atoms with Crippen molar-refractivity contribution in [1.82, 2.24) is 0 Å². The fourth-order valence-corrected chi connectivity index (χ4v) is 1.98. The molecular formula is C17H19NO2. The molecule has 0 saturated carbocycles. The second-order valence-corrected chi connectivity index (χ2v) is 4.80. The maximum absolute atomic E-state index is 11.6. The molecule has 0 aromatic heterocycles. The summed E-state index contributed by atoms with van der Waals surface area (Å²) in [7, 11) is 0. The Labute approximate surface area is 119 Å². The van der Waals surface area contributed by atoms with Crippen molar-refractivity contribution in [2.24, 2.45) is 0 Å². The third-order valence-electron chi connectivity index (χ3n) is 2.80. The van der Waals surface area contributed by atoms with E-state index in [1.165, 1.54) is 0 Å². The van der Waals surface area contributed by atoms with Gasteiger partial charge in [-0.3, -0.25) is 4.79 Å². The van der Waals surface area contributed by atoms with Crippen molar-refractivity contribution in [3.8, 4) is 11.1 Å². The van der Waals surface area contributed by atoms with Gasteiger partial charge in [0.1, 0.15) is 6.54 Å². The smallest absolute Gasteiger partial charge is 0.325 e. The summed E-state index contributed by atoms with van der Waals surface area (Å²) in [6, 6.07) is 18.0. The Bertz CT molecular complexity index is 564. The molecule has 0 radical (unpaired) electrons. The number of hydrogen-bond acceptors (Lipinski definition) is 3. The Morgan fingerprint density at radius 3 is 2.40 bits per heavy atom. The van der Waals surface area contributed by atoms with Crippen LogP contribution in [0.3, 0.4) is 0 Å². The normalized spacial score (nSPS) is 10.3. The van der Waals surface area contributed by atoms with E-state index in [1.54, 1.807) is 0 Å². The zero-order valence-electron chi connectivity index (χ0n) is 11.8. The fourth-order valence-electron chi connectivity index (χ4n) is 1.98. The maximum Gasteiger partial charge on any atom is 0.325 e. The van der Waals surface area contributed by atoms with Crippen molar-refractivity contribution >= 4 is 11.7 Å². The predicted molar refractivity (Wildman–Crippen MR) is 81.6 cm³/mol. The third-order valence-corrected chi connectivity index (χ3v) is 2.80. The number of rotatable bonds is 5. The number of benzene rings is 2. The van der Waals surface area contributed by atoms with Gasteiger partial charge in [-0.05, 0) is 25.5 Å². The van der Waals surface area contributed by atoms with Gasteiger partial charge in [-0.1, -0.05) is 48.5 Å². The molecule has 20 heavy (non-hydrogen) atoms. The second-order valence-electron chi connectivity index (χ2n) is 4.80. The lowest BCUT2D eigenvalue weighted by atomic mass is 10.0. The lowest BCUT2D eigenvalue weighted by Gasteiger charge is -2.13. The van der Waals surface area contributed by atoms with Gasteiger partial charge in [0.25, 0.3) is 0 Å². The number of ether oxygens (including phenoxy) is 1. The van der Waals surface area contributed by atoms with Crippen molar-refractivity contribution < 1.29 is 9.53 Å². The van der Waals surface area contributed by atoms with Crippen molar-refractivity contribution in [2.45, 2.75) is 20.0 Å². The Hall–Kier alpha value is -2.29. The van der Waals surface area contributed by atoms with Gasteiger partial charge in [0, 0.05) is 11.3 Å². The molecule has 0 fully saturated rings. The summed E-state index contributed by atoms with van der Waals surface area (Å²) < 4.78 is 5.12. The molecule has 0 heterocycles. The van der Waals surface area contributed by atoms with Crippen LogP contribution < -0.4 is 5.32 Å². The molecule has 0 aliphatic heterocycles. The largest absolute Gasteiger partial charge is 0.462 e. The summed E-state index contributed by atoms with van der Waals surface area (Å²) in [5, 5.41) is 3.14. The highest BCUT2D eigenvalue weighted by atomic mass is 16.5. The second kappa shape index (κ2) is 6.75. The quantitative estimate of drug-likeness (QED) is 0.841. The van der Waals surface area contributed by atoms with Crippen LogP contribution in [0.2, 0.25) is 0 Å². The fraction of sp³-hybridized carbons (Fsp3) is 0.235. The predicted octanol–water partition coefficient (Wildman–Crippen LogP) is 3.72. The zero-order chi connectivity index (χ0) is 14.4. The molecule has 0 saturated heterocycles. The molecule has 2 aromatic carbocycles. The van der Waals surface area contributed by atoms with E-state index in [2.05, 4.69) is 5.32 Å². The lowest BCUT2D eigenvalue weighted by Crippen LogP contribution is -2.20. The monoisotopic (exact) mass is 269 g/mol. The molecule has 2 rings (SSSR count). The van der Waals surface area contributed by atoms with Gasteiger partial charge in [-0.25, -0.2) is 0 Å². The molecule has 3 heteroatoms. The van der Waals surface area contributed by atoms with Gasteiger partial charge < -0.3 is 10.1 Å². The summed E-state index contributed by atoms with van der Waals surface area (Å²) in [6.45, 7) is 3.85. The first kappa shape index (κ1) is 14.1. The molecule has 0 spiro atoms. The number of esters is 1. The van der Waals surface area contributed by atoms with Crippen LogP contribution in [0.5, 0.6) is 0 Å². The number of carbonyl (C=O) groups is 1. The highest BCUT2D eigenvalue weighted by Crippen LogP contribution is 2.27. The molecule has 0 unspecified atom stereocenters. The number of carbonyl (C=O) groups excluding carboxylic acids is 1. The van der Waals surface area contributed by atoms with Gasteiger partial charge in [-0.15, -0.1) is 0 Å². The van der Waals surface area contributed by atoms with E-state index in [-0.39, 0.29) is 18.6 Å². The van der Waals surface area contributed by atoms with Crippen LogP contribution in [-0.4, -0.2) is 18.6 Å². The summed E-state index contributed by atoms with van der Waals surface area (Å²) >= 11 is 0. The minimum atomic E-state index is -0.247. The van der Waals surface area contributed by atoms with Gasteiger partial charge in [-0.2, -0.15) is 0 Å². The van der Waals surface area contributed by atoms with E-state index < -0.39 is 0 Å². The van der Waals surface area contributed by atoms with Gasteiger partial charge >= 0.3 is 5.97 Å². The van der Waals surface area contributed by atoms with Crippen LogP contribution in [-0.2, 0) is 9.53 Å². The van der Waals surface area contributed by atoms with E-state index in [1.807, 2.05) is 68.4 Å². The minimum Gasteiger partial charge on any atom is -0.462 e. The number of hydrogen-bond donors (Lipinski definition) is 1. The maximum atomic E-state index is 11.6. The number of anilines is 1. The molecule has 104 valence electrons.